The standard InChI is InChI=1S/C22H31N3O5S/c1-15-7-5-8-16(2)21(15)29-14-6-9-20(26)25-12-10-19(11-13-25)24-31(27,28)22-17(3)23-30-18(22)4/h5,7-8,19,24H,6,9-14H2,1-4H3. The number of nitrogens with one attached hydrogen (secondary N) is 1. The lowest BCUT2D eigenvalue weighted by molar-refractivity contribution is -0.132. The number of nitrogens with zero attached hydrogens (tertiary/aromatic N) is 2. The summed E-state index contributed by atoms with van der Waals surface area (Å²) in [4.78, 5) is 14.4. The Bertz CT molecular complexity index is 984. The smallest absolute Gasteiger partial charge is 0.246 e. The van der Waals surface area contributed by atoms with E-state index < -0.39 is 10.0 Å². The lowest BCUT2D eigenvalue weighted by Gasteiger charge is -2.32. The van der Waals surface area contributed by atoms with E-state index in [9.17, 15) is 13.2 Å². The Hall–Kier alpha value is -2.39. The summed E-state index contributed by atoms with van der Waals surface area (Å²) in [6.45, 7) is 8.77. The molecule has 0 spiro atoms. The highest BCUT2D eigenvalue weighted by Crippen LogP contribution is 2.23. The highest BCUT2D eigenvalue weighted by atomic mass is 32.2. The number of ether oxygens (including phenoxy) is 1. The third kappa shape index (κ3) is 5.65. The van der Waals surface area contributed by atoms with E-state index in [1.807, 2.05) is 32.0 Å². The number of sulfonamides is 1. The van der Waals surface area contributed by atoms with Crippen molar-refractivity contribution in [1.29, 1.82) is 0 Å². The summed E-state index contributed by atoms with van der Waals surface area (Å²) in [5.41, 5.74) is 2.53. The van der Waals surface area contributed by atoms with Gasteiger partial charge in [0.05, 0.1) is 6.61 Å². The van der Waals surface area contributed by atoms with Gasteiger partial charge in [-0.15, -0.1) is 0 Å². The number of para-hydroxylation sites is 1. The second-order valence-electron chi connectivity index (χ2n) is 8.10. The maximum Gasteiger partial charge on any atom is 0.246 e. The van der Waals surface area contributed by atoms with Gasteiger partial charge < -0.3 is 14.2 Å². The van der Waals surface area contributed by atoms with E-state index in [1.165, 1.54) is 0 Å². The van der Waals surface area contributed by atoms with Gasteiger partial charge in [0.25, 0.3) is 0 Å². The van der Waals surface area contributed by atoms with E-state index in [2.05, 4.69) is 9.88 Å². The molecule has 2 heterocycles. The summed E-state index contributed by atoms with van der Waals surface area (Å²) in [5.74, 6) is 1.25. The van der Waals surface area contributed by atoms with Gasteiger partial charge in [-0.05, 0) is 58.1 Å². The van der Waals surface area contributed by atoms with Crippen LogP contribution in [-0.4, -0.2) is 50.1 Å². The Labute approximate surface area is 184 Å². The van der Waals surface area contributed by atoms with E-state index in [0.29, 0.717) is 51.1 Å². The molecule has 1 aromatic carbocycles. The molecule has 0 unspecified atom stereocenters. The SMILES string of the molecule is Cc1cccc(C)c1OCCCC(=O)N1CCC(NS(=O)(=O)c2c(C)noc2C)CC1. The van der Waals surface area contributed by atoms with Crippen molar-refractivity contribution < 1.29 is 22.5 Å². The molecular weight excluding hydrogens is 418 g/mol. The molecule has 1 aliphatic heterocycles. The lowest BCUT2D eigenvalue weighted by atomic mass is 10.1. The van der Waals surface area contributed by atoms with Gasteiger partial charge in [0, 0.05) is 25.6 Å². The first-order chi connectivity index (χ1) is 14.7. The number of aromatic nitrogens is 1. The number of amides is 1. The first-order valence-electron chi connectivity index (χ1n) is 10.6. The fraction of sp³-hybridized carbons (Fsp3) is 0.545. The van der Waals surface area contributed by atoms with Crippen molar-refractivity contribution in [3.63, 3.8) is 0 Å². The molecule has 3 rings (SSSR count). The molecule has 170 valence electrons. The molecule has 1 saturated heterocycles. The quantitative estimate of drug-likeness (QED) is 0.622. The van der Waals surface area contributed by atoms with Crippen LogP contribution in [0.1, 0.15) is 48.3 Å². The third-order valence-corrected chi connectivity index (χ3v) is 7.36. The predicted molar refractivity (Wildman–Crippen MR) is 117 cm³/mol. The van der Waals surface area contributed by atoms with E-state index in [0.717, 1.165) is 16.9 Å². The van der Waals surface area contributed by atoms with Crippen molar-refractivity contribution in [2.45, 2.75) is 64.3 Å². The van der Waals surface area contributed by atoms with Crippen LogP contribution in [-0.2, 0) is 14.8 Å². The average Bonchev–Trinajstić information content (AvgIpc) is 3.06. The molecule has 0 radical (unpaired) electrons. The molecule has 1 fully saturated rings. The Morgan fingerprint density at radius 1 is 1.19 bits per heavy atom. The van der Waals surface area contributed by atoms with Crippen molar-refractivity contribution in [3.05, 3.63) is 40.8 Å². The zero-order chi connectivity index (χ0) is 22.6. The molecule has 9 heteroatoms. The number of likely N-dealkylation sites (tertiary alicyclic amines) is 1. The first-order valence-corrected chi connectivity index (χ1v) is 12.1. The number of carbonyl (C=O) groups excluding carboxylic acids is 1. The third-order valence-electron chi connectivity index (χ3n) is 5.60. The van der Waals surface area contributed by atoms with Crippen LogP contribution in [0.15, 0.2) is 27.6 Å². The highest BCUT2D eigenvalue weighted by molar-refractivity contribution is 7.89. The molecule has 1 aliphatic rings. The molecule has 2 aromatic rings. The van der Waals surface area contributed by atoms with Crippen LogP contribution in [0.4, 0.5) is 0 Å². The summed E-state index contributed by atoms with van der Waals surface area (Å²) >= 11 is 0. The van der Waals surface area contributed by atoms with Gasteiger partial charge in [0.15, 0.2) is 5.76 Å². The van der Waals surface area contributed by atoms with Crippen LogP contribution in [0, 0.1) is 27.7 Å². The number of piperidine rings is 1. The summed E-state index contributed by atoms with van der Waals surface area (Å²) in [5, 5.41) is 3.72. The molecule has 0 aliphatic carbocycles. The first kappa shape index (κ1) is 23.3. The van der Waals surface area contributed by atoms with Crippen LogP contribution in [0.5, 0.6) is 5.75 Å². The monoisotopic (exact) mass is 449 g/mol. The molecule has 1 aromatic heterocycles. The number of carbonyl (C=O) groups is 1. The van der Waals surface area contributed by atoms with Crippen molar-refractivity contribution in [2.24, 2.45) is 0 Å². The Kier molecular flexibility index (Phi) is 7.38. The van der Waals surface area contributed by atoms with Gasteiger partial charge in [-0.3, -0.25) is 4.79 Å². The average molecular weight is 450 g/mol. The zero-order valence-corrected chi connectivity index (χ0v) is 19.4. The van der Waals surface area contributed by atoms with Gasteiger partial charge in [-0.25, -0.2) is 13.1 Å². The minimum absolute atomic E-state index is 0.0807. The predicted octanol–water partition coefficient (Wildman–Crippen LogP) is 3.04. The van der Waals surface area contributed by atoms with Crippen LogP contribution in [0.2, 0.25) is 0 Å². The van der Waals surface area contributed by atoms with E-state index >= 15 is 0 Å². The molecule has 0 atom stereocenters. The summed E-state index contributed by atoms with van der Waals surface area (Å²) in [6, 6.07) is 5.81. The van der Waals surface area contributed by atoms with E-state index in [1.54, 1.807) is 18.7 Å². The summed E-state index contributed by atoms with van der Waals surface area (Å²) in [7, 11) is -3.69. The zero-order valence-electron chi connectivity index (χ0n) is 18.6. The number of rotatable bonds is 8. The largest absolute Gasteiger partial charge is 0.493 e. The number of hydrogen-bond acceptors (Lipinski definition) is 6. The minimum atomic E-state index is -3.69. The van der Waals surface area contributed by atoms with Crippen LogP contribution in [0.3, 0.4) is 0 Å². The molecule has 1 amide bonds. The molecule has 0 saturated carbocycles. The second kappa shape index (κ2) is 9.82. The van der Waals surface area contributed by atoms with E-state index in [4.69, 9.17) is 9.26 Å². The Balaban J connectivity index is 1.43. The molecule has 8 nitrogen and oxygen atoms in total. The second-order valence-corrected chi connectivity index (χ2v) is 9.75. The van der Waals surface area contributed by atoms with Gasteiger partial charge in [-0.2, -0.15) is 0 Å². The molecule has 0 bridgehead atoms. The topological polar surface area (TPSA) is 102 Å². The van der Waals surface area contributed by atoms with Crippen molar-refractivity contribution in [1.82, 2.24) is 14.8 Å². The van der Waals surface area contributed by atoms with Crippen molar-refractivity contribution >= 4 is 15.9 Å². The van der Waals surface area contributed by atoms with Gasteiger partial charge >= 0.3 is 0 Å². The fourth-order valence-corrected chi connectivity index (χ4v) is 5.60. The Morgan fingerprint density at radius 2 is 1.84 bits per heavy atom. The molecular formula is C22H31N3O5S. The number of benzene rings is 1. The Morgan fingerprint density at radius 3 is 2.42 bits per heavy atom. The van der Waals surface area contributed by atoms with Gasteiger partial charge in [0.1, 0.15) is 16.3 Å². The number of hydrogen-bond donors (Lipinski definition) is 1. The maximum absolute atomic E-state index is 12.7. The van der Waals surface area contributed by atoms with Crippen molar-refractivity contribution in [2.75, 3.05) is 19.7 Å². The number of aryl methyl sites for hydroxylation is 4. The highest BCUT2D eigenvalue weighted by Gasteiger charge is 2.30. The van der Waals surface area contributed by atoms with Gasteiger partial charge in [-0.1, -0.05) is 23.4 Å². The minimum Gasteiger partial charge on any atom is -0.493 e. The molecule has 1 N–H and O–H groups in total. The van der Waals surface area contributed by atoms with Gasteiger partial charge in [0.2, 0.25) is 15.9 Å². The van der Waals surface area contributed by atoms with Crippen LogP contribution >= 0.6 is 0 Å². The van der Waals surface area contributed by atoms with E-state index in [-0.39, 0.29) is 22.6 Å². The summed E-state index contributed by atoms with van der Waals surface area (Å²) in [6.07, 6.45) is 2.21. The van der Waals surface area contributed by atoms with Crippen LogP contribution < -0.4 is 9.46 Å². The van der Waals surface area contributed by atoms with Crippen molar-refractivity contribution in [3.8, 4) is 5.75 Å². The lowest BCUT2D eigenvalue weighted by Crippen LogP contribution is -2.46. The fourth-order valence-electron chi connectivity index (χ4n) is 3.97. The normalized spacial score (nSPS) is 15.3. The summed E-state index contributed by atoms with van der Waals surface area (Å²) < 4.78 is 38.9. The molecule has 31 heavy (non-hydrogen) atoms. The maximum atomic E-state index is 12.7. The van der Waals surface area contributed by atoms with Crippen LogP contribution in [0.25, 0.3) is 0 Å².